The van der Waals surface area contributed by atoms with E-state index in [9.17, 15) is 18.0 Å². The van der Waals surface area contributed by atoms with Gasteiger partial charge in [-0.25, -0.2) is 0 Å². The van der Waals surface area contributed by atoms with Crippen molar-refractivity contribution in [1.82, 2.24) is 5.32 Å². The van der Waals surface area contributed by atoms with E-state index < -0.39 is 25.2 Å². The minimum absolute atomic E-state index is 0.0582. The first-order valence-corrected chi connectivity index (χ1v) is 7.03. The Labute approximate surface area is 117 Å². The molecule has 2 rings (SSSR count). The number of halogens is 3. The van der Waals surface area contributed by atoms with Crippen LogP contribution in [0.3, 0.4) is 0 Å². The van der Waals surface area contributed by atoms with Gasteiger partial charge in [-0.3, -0.25) is 10.1 Å². The molecular formula is C14H22F3NO2. The van der Waals surface area contributed by atoms with Crippen LogP contribution in [0.4, 0.5) is 13.2 Å². The summed E-state index contributed by atoms with van der Waals surface area (Å²) in [5.41, 5.74) is 0.0642. The molecule has 3 nitrogen and oxygen atoms in total. The zero-order valence-corrected chi connectivity index (χ0v) is 12.1. The molecule has 116 valence electrons. The van der Waals surface area contributed by atoms with Crippen molar-refractivity contribution < 1.29 is 22.7 Å². The number of carbonyl (C=O) groups excluding carboxylic acids is 1. The number of hydrogen-bond acceptors (Lipinski definition) is 3. The van der Waals surface area contributed by atoms with E-state index in [-0.39, 0.29) is 16.9 Å². The van der Waals surface area contributed by atoms with Gasteiger partial charge in [0.15, 0.2) is 0 Å². The second kappa shape index (κ2) is 4.90. The van der Waals surface area contributed by atoms with E-state index in [2.05, 4.69) is 26.1 Å². The fourth-order valence-corrected chi connectivity index (χ4v) is 3.82. The number of carbonyl (C=O) groups is 1. The number of rotatable bonds is 4. The van der Waals surface area contributed by atoms with Crippen molar-refractivity contribution in [3.63, 3.8) is 0 Å². The number of nitrogens with one attached hydrogen (secondary N) is 1. The van der Waals surface area contributed by atoms with Crippen LogP contribution < -0.4 is 5.32 Å². The van der Waals surface area contributed by atoms with E-state index in [1.165, 1.54) is 0 Å². The molecule has 3 atom stereocenters. The molecule has 2 saturated carbocycles. The highest BCUT2D eigenvalue weighted by Gasteiger charge is 2.62. The molecule has 3 unspecified atom stereocenters. The highest BCUT2D eigenvalue weighted by Crippen LogP contribution is 2.66. The summed E-state index contributed by atoms with van der Waals surface area (Å²) in [6.07, 6.45) is -1.49. The first-order chi connectivity index (χ1) is 9.06. The lowest BCUT2D eigenvalue weighted by atomic mass is 9.70. The maximum absolute atomic E-state index is 12.0. The molecule has 0 aromatic heterocycles. The molecule has 0 radical (unpaired) electrons. The monoisotopic (exact) mass is 293 g/mol. The predicted molar refractivity (Wildman–Crippen MR) is 68.0 cm³/mol. The van der Waals surface area contributed by atoms with Gasteiger partial charge in [-0.1, -0.05) is 20.8 Å². The van der Waals surface area contributed by atoms with Gasteiger partial charge < -0.3 is 4.74 Å². The predicted octanol–water partition coefficient (Wildman–Crippen LogP) is 2.90. The number of hydrogen-bond donors (Lipinski definition) is 1. The molecule has 20 heavy (non-hydrogen) atoms. The minimum Gasteiger partial charge on any atom is -0.461 e. The Kier molecular flexibility index (Phi) is 3.82. The van der Waals surface area contributed by atoms with E-state index in [1.54, 1.807) is 0 Å². The topological polar surface area (TPSA) is 38.3 Å². The summed E-state index contributed by atoms with van der Waals surface area (Å²) in [6, 6.07) is 0. The van der Waals surface area contributed by atoms with E-state index in [1.807, 2.05) is 0 Å². The Morgan fingerprint density at radius 2 is 2.00 bits per heavy atom. The Bertz CT molecular complexity index is 394. The average molecular weight is 293 g/mol. The number of fused-ring (bicyclic) bond motifs is 2. The first-order valence-electron chi connectivity index (χ1n) is 7.03. The van der Waals surface area contributed by atoms with Gasteiger partial charge in [0.2, 0.25) is 0 Å². The summed E-state index contributed by atoms with van der Waals surface area (Å²) in [6.45, 7) is 4.96. The molecule has 2 fully saturated rings. The average Bonchev–Trinajstić information content (AvgIpc) is 2.60. The molecular weight excluding hydrogens is 271 g/mol. The van der Waals surface area contributed by atoms with Crippen molar-refractivity contribution in [2.45, 2.75) is 52.3 Å². The molecule has 2 aliphatic carbocycles. The molecule has 2 bridgehead atoms. The van der Waals surface area contributed by atoms with Crippen molar-refractivity contribution in [1.29, 1.82) is 0 Å². The van der Waals surface area contributed by atoms with Gasteiger partial charge in [0.25, 0.3) is 0 Å². The number of alkyl halides is 3. The second-order valence-corrected chi connectivity index (χ2v) is 6.81. The van der Waals surface area contributed by atoms with Crippen molar-refractivity contribution in [3.8, 4) is 0 Å². The third-order valence-electron chi connectivity index (χ3n) is 5.58. The van der Waals surface area contributed by atoms with Crippen LogP contribution in [0.15, 0.2) is 0 Å². The molecule has 0 aromatic rings. The molecule has 6 heteroatoms. The highest BCUT2D eigenvalue weighted by atomic mass is 19.4. The Morgan fingerprint density at radius 3 is 2.45 bits per heavy atom. The highest BCUT2D eigenvalue weighted by molar-refractivity contribution is 5.72. The largest absolute Gasteiger partial charge is 0.461 e. The summed E-state index contributed by atoms with van der Waals surface area (Å²) in [5, 5.41) is 2.08. The van der Waals surface area contributed by atoms with Crippen molar-refractivity contribution in [2.24, 2.45) is 16.7 Å². The van der Waals surface area contributed by atoms with Gasteiger partial charge in [-0.15, -0.1) is 0 Å². The summed E-state index contributed by atoms with van der Waals surface area (Å²) < 4.78 is 41.4. The standard InChI is InChI=1S/C14H22F3NO2/c1-12(2)9-4-5-13(12,3)10(6-9)20-11(19)7-18-8-14(15,16)17/h9-10,18H,4-8H2,1-3H3. The normalized spacial score (nSPS) is 35.3. The van der Waals surface area contributed by atoms with Crippen LogP contribution in [0.2, 0.25) is 0 Å². The number of esters is 1. The summed E-state index contributed by atoms with van der Waals surface area (Å²) in [4.78, 5) is 11.7. The van der Waals surface area contributed by atoms with Crippen LogP contribution in [-0.4, -0.2) is 31.3 Å². The zero-order chi connectivity index (χ0) is 15.2. The third-order valence-corrected chi connectivity index (χ3v) is 5.58. The molecule has 0 aliphatic heterocycles. The molecule has 0 amide bonds. The van der Waals surface area contributed by atoms with Crippen molar-refractivity contribution in [3.05, 3.63) is 0 Å². The van der Waals surface area contributed by atoms with Gasteiger partial charge in [0, 0.05) is 5.41 Å². The Hall–Kier alpha value is -0.780. The van der Waals surface area contributed by atoms with Crippen molar-refractivity contribution in [2.75, 3.05) is 13.1 Å². The van der Waals surface area contributed by atoms with E-state index >= 15 is 0 Å². The summed E-state index contributed by atoms with van der Waals surface area (Å²) in [5.74, 6) is -0.0581. The lowest BCUT2D eigenvalue weighted by Crippen LogP contribution is -2.40. The SMILES string of the molecule is CC1(C)C2CCC1(C)C(OC(=O)CNCC(F)(F)F)C2. The molecule has 0 heterocycles. The van der Waals surface area contributed by atoms with Crippen LogP contribution in [0.1, 0.15) is 40.0 Å². The maximum Gasteiger partial charge on any atom is 0.401 e. The van der Waals surface area contributed by atoms with Crippen molar-refractivity contribution >= 4 is 5.97 Å². The van der Waals surface area contributed by atoms with Crippen LogP contribution >= 0.6 is 0 Å². The molecule has 1 N–H and O–H groups in total. The van der Waals surface area contributed by atoms with Gasteiger partial charge in [-0.05, 0) is 30.6 Å². The Morgan fingerprint density at radius 1 is 1.35 bits per heavy atom. The smallest absolute Gasteiger partial charge is 0.401 e. The van der Waals surface area contributed by atoms with Crippen LogP contribution in [-0.2, 0) is 9.53 Å². The van der Waals surface area contributed by atoms with Crippen LogP contribution in [0, 0.1) is 16.7 Å². The minimum atomic E-state index is -4.30. The summed E-state index contributed by atoms with van der Waals surface area (Å²) >= 11 is 0. The summed E-state index contributed by atoms with van der Waals surface area (Å²) in [7, 11) is 0. The molecule has 2 aliphatic rings. The van der Waals surface area contributed by atoms with E-state index in [0.717, 1.165) is 19.3 Å². The lowest BCUT2D eigenvalue weighted by molar-refractivity contribution is -0.157. The zero-order valence-electron chi connectivity index (χ0n) is 12.1. The quantitative estimate of drug-likeness (QED) is 0.810. The van der Waals surface area contributed by atoms with Gasteiger partial charge >= 0.3 is 12.1 Å². The lowest BCUT2D eigenvalue weighted by Gasteiger charge is -2.38. The maximum atomic E-state index is 12.0. The van der Waals surface area contributed by atoms with E-state index in [4.69, 9.17) is 4.74 Å². The Balaban J connectivity index is 1.85. The fourth-order valence-electron chi connectivity index (χ4n) is 3.82. The first kappa shape index (κ1) is 15.6. The fraction of sp³-hybridized carbons (Fsp3) is 0.929. The van der Waals surface area contributed by atoms with Crippen LogP contribution in [0.25, 0.3) is 0 Å². The van der Waals surface area contributed by atoms with Gasteiger partial charge in [0.1, 0.15) is 6.10 Å². The number of ether oxygens (including phenoxy) is 1. The van der Waals surface area contributed by atoms with Crippen LogP contribution in [0.5, 0.6) is 0 Å². The second-order valence-electron chi connectivity index (χ2n) is 6.81. The third kappa shape index (κ3) is 2.67. The van der Waals surface area contributed by atoms with Gasteiger partial charge in [0.05, 0.1) is 13.1 Å². The van der Waals surface area contributed by atoms with E-state index in [0.29, 0.717) is 5.92 Å². The van der Waals surface area contributed by atoms with Gasteiger partial charge in [-0.2, -0.15) is 13.2 Å². The molecule has 0 saturated heterocycles. The molecule has 0 aromatic carbocycles. The molecule has 0 spiro atoms.